The number of nitrogens with one attached hydrogen (secondary N) is 1. The average molecular weight is 313 g/mol. The molecular weight excluding hydrogens is 293 g/mol. The number of ether oxygens (including phenoxy) is 1. The maximum Gasteiger partial charge on any atom is 0.488 e. The summed E-state index contributed by atoms with van der Waals surface area (Å²) in [5, 5.41) is 20.8. The summed E-state index contributed by atoms with van der Waals surface area (Å²) >= 11 is 0. The van der Waals surface area contributed by atoms with E-state index in [-0.39, 0.29) is 5.91 Å². The molecule has 120 valence electrons. The Kier molecular flexibility index (Phi) is 6.81. The van der Waals surface area contributed by atoms with Crippen molar-refractivity contribution in [2.75, 3.05) is 6.61 Å². The Morgan fingerprint density at radius 1 is 1.00 bits per heavy atom. The molecule has 0 saturated carbocycles. The highest BCUT2D eigenvalue weighted by Crippen LogP contribution is 2.01. The van der Waals surface area contributed by atoms with Gasteiger partial charge in [-0.05, 0) is 16.6 Å². The highest BCUT2D eigenvalue weighted by Gasteiger charge is 2.09. The molecule has 0 heterocycles. The van der Waals surface area contributed by atoms with Crippen LogP contribution in [0.25, 0.3) is 0 Å². The van der Waals surface area contributed by atoms with Gasteiger partial charge in [-0.25, -0.2) is 0 Å². The molecule has 0 unspecified atom stereocenters. The first-order valence-electron chi connectivity index (χ1n) is 7.48. The lowest BCUT2D eigenvalue weighted by Gasteiger charge is -2.07. The van der Waals surface area contributed by atoms with E-state index in [9.17, 15) is 4.79 Å². The van der Waals surface area contributed by atoms with Crippen molar-refractivity contribution >= 4 is 18.5 Å². The van der Waals surface area contributed by atoms with Crippen LogP contribution in [0.4, 0.5) is 0 Å². The monoisotopic (exact) mass is 313 g/mol. The van der Waals surface area contributed by atoms with Gasteiger partial charge in [0.25, 0.3) is 0 Å². The molecule has 2 aromatic rings. The molecule has 0 atom stereocenters. The van der Waals surface area contributed by atoms with E-state index in [1.807, 2.05) is 30.3 Å². The lowest BCUT2D eigenvalue weighted by atomic mass is 9.80. The molecule has 5 nitrogen and oxygen atoms in total. The van der Waals surface area contributed by atoms with Gasteiger partial charge in [0.2, 0.25) is 5.91 Å². The predicted molar refractivity (Wildman–Crippen MR) is 88.8 cm³/mol. The Labute approximate surface area is 136 Å². The average Bonchev–Trinajstić information content (AvgIpc) is 2.58. The van der Waals surface area contributed by atoms with Crippen LogP contribution in [0.2, 0.25) is 0 Å². The van der Waals surface area contributed by atoms with E-state index in [1.165, 1.54) is 0 Å². The molecule has 23 heavy (non-hydrogen) atoms. The molecule has 0 radical (unpaired) electrons. The molecule has 0 aliphatic heterocycles. The van der Waals surface area contributed by atoms with Crippen LogP contribution < -0.4 is 10.8 Å². The number of hydrogen-bond donors (Lipinski definition) is 3. The molecule has 1 amide bonds. The quantitative estimate of drug-likeness (QED) is 0.492. The third-order valence-corrected chi connectivity index (χ3v) is 3.35. The zero-order valence-corrected chi connectivity index (χ0v) is 12.8. The minimum Gasteiger partial charge on any atom is -0.423 e. The largest absolute Gasteiger partial charge is 0.488 e. The van der Waals surface area contributed by atoms with Crippen LogP contribution in [-0.2, 0) is 22.7 Å². The van der Waals surface area contributed by atoms with Crippen LogP contribution >= 0.6 is 0 Å². The van der Waals surface area contributed by atoms with Crippen molar-refractivity contribution < 1.29 is 19.6 Å². The first-order chi connectivity index (χ1) is 11.1. The molecule has 2 rings (SSSR count). The fourth-order valence-electron chi connectivity index (χ4n) is 2.03. The van der Waals surface area contributed by atoms with Crippen LogP contribution in [0.3, 0.4) is 0 Å². The maximum absolute atomic E-state index is 11.7. The SMILES string of the molecule is O=C(CCOCc1ccccc1)NCc1ccc(B(O)O)cc1. The van der Waals surface area contributed by atoms with Crippen LogP contribution in [0.1, 0.15) is 17.5 Å². The van der Waals surface area contributed by atoms with Gasteiger partial charge in [0, 0.05) is 13.0 Å². The van der Waals surface area contributed by atoms with Crippen LogP contribution in [-0.4, -0.2) is 29.7 Å². The van der Waals surface area contributed by atoms with E-state index in [0.29, 0.717) is 31.6 Å². The summed E-state index contributed by atoms with van der Waals surface area (Å²) in [7, 11) is -1.47. The van der Waals surface area contributed by atoms with E-state index in [0.717, 1.165) is 11.1 Å². The summed E-state index contributed by atoms with van der Waals surface area (Å²) in [6.45, 7) is 1.27. The number of carbonyl (C=O) groups is 1. The van der Waals surface area contributed by atoms with Gasteiger partial charge in [-0.3, -0.25) is 4.79 Å². The van der Waals surface area contributed by atoms with Crippen molar-refractivity contribution in [1.29, 1.82) is 0 Å². The minimum atomic E-state index is -1.47. The summed E-state index contributed by atoms with van der Waals surface area (Å²) < 4.78 is 5.47. The van der Waals surface area contributed by atoms with E-state index in [2.05, 4.69) is 5.32 Å². The molecule has 0 spiro atoms. The first kappa shape index (κ1) is 17.2. The molecule has 0 saturated heterocycles. The van der Waals surface area contributed by atoms with Crippen molar-refractivity contribution in [1.82, 2.24) is 5.32 Å². The fraction of sp³-hybridized carbons (Fsp3) is 0.235. The van der Waals surface area contributed by atoms with Gasteiger partial charge in [0.05, 0.1) is 13.2 Å². The van der Waals surface area contributed by atoms with Gasteiger partial charge in [-0.15, -0.1) is 0 Å². The zero-order chi connectivity index (χ0) is 16.5. The number of carbonyl (C=O) groups excluding carboxylic acids is 1. The summed E-state index contributed by atoms with van der Waals surface area (Å²) in [4.78, 5) is 11.7. The van der Waals surface area contributed by atoms with E-state index in [4.69, 9.17) is 14.8 Å². The fourth-order valence-corrected chi connectivity index (χ4v) is 2.03. The maximum atomic E-state index is 11.7. The second-order valence-corrected chi connectivity index (χ2v) is 5.18. The van der Waals surface area contributed by atoms with Crippen LogP contribution in [0, 0.1) is 0 Å². The standard InChI is InChI=1S/C17H20BNO4/c20-17(10-11-23-13-15-4-2-1-3-5-15)19-12-14-6-8-16(9-7-14)18(21)22/h1-9,21-22H,10-13H2,(H,19,20). The van der Waals surface area contributed by atoms with Crippen molar-refractivity contribution in [3.63, 3.8) is 0 Å². The molecule has 3 N–H and O–H groups in total. The first-order valence-corrected chi connectivity index (χ1v) is 7.48. The highest BCUT2D eigenvalue weighted by atomic mass is 16.5. The Morgan fingerprint density at radius 3 is 2.35 bits per heavy atom. The van der Waals surface area contributed by atoms with Gasteiger partial charge < -0.3 is 20.1 Å². The van der Waals surface area contributed by atoms with Gasteiger partial charge in [0.1, 0.15) is 0 Å². The molecule has 0 aliphatic carbocycles. The van der Waals surface area contributed by atoms with Gasteiger partial charge in [-0.1, -0.05) is 54.6 Å². The Morgan fingerprint density at radius 2 is 1.70 bits per heavy atom. The van der Waals surface area contributed by atoms with E-state index in [1.54, 1.807) is 24.3 Å². The highest BCUT2D eigenvalue weighted by molar-refractivity contribution is 6.58. The molecule has 2 aromatic carbocycles. The van der Waals surface area contributed by atoms with Crippen molar-refractivity contribution in [2.24, 2.45) is 0 Å². The Hall–Kier alpha value is -2.15. The molecule has 0 bridgehead atoms. The Balaban J connectivity index is 1.63. The molecule has 0 aromatic heterocycles. The Bertz CT molecular complexity index is 602. The van der Waals surface area contributed by atoms with Gasteiger partial charge in [-0.2, -0.15) is 0 Å². The summed E-state index contributed by atoms with van der Waals surface area (Å²) in [5.41, 5.74) is 2.40. The van der Waals surface area contributed by atoms with E-state index >= 15 is 0 Å². The van der Waals surface area contributed by atoms with Crippen molar-refractivity contribution in [3.05, 3.63) is 65.7 Å². The molecule has 0 aliphatic rings. The number of hydrogen-bond acceptors (Lipinski definition) is 4. The second kappa shape index (κ2) is 9.10. The minimum absolute atomic E-state index is 0.0793. The molecule has 0 fully saturated rings. The van der Waals surface area contributed by atoms with E-state index < -0.39 is 7.12 Å². The molecular formula is C17H20BNO4. The third-order valence-electron chi connectivity index (χ3n) is 3.35. The van der Waals surface area contributed by atoms with Crippen LogP contribution in [0.15, 0.2) is 54.6 Å². The summed E-state index contributed by atoms with van der Waals surface area (Å²) in [6, 6.07) is 16.6. The predicted octanol–water partition coefficient (Wildman–Crippen LogP) is 0.589. The second-order valence-electron chi connectivity index (χ2n) is 5.18. The van der Waals surface area contributed by atoms with Crippen LogP contribution in [0.5, 0.6) is 0 Å². The normalized spacial score (nSPS) is 10.3. The summed E-state index contributed by atoms with van der Waals surface area (Å²) in [6.07, 6.45) is 0.306. The van der Waals surface area contributed by atoms with Gasteiger partial charge in [0.15, 0.2) is 0 Å². The zero-order valence-electron chi connectivity index (χ0n) is 12.8. The van der Waals surface area contributed by atoms with Crippen molar-refractivity contribution in [2.45, 2.75) is 19.6 Å². The summed E-state index contributed by atoms with van der Waals surface area (Å²) in [5.74, 6) is -0.0793. The molecule has 6 heteroatoms. The third kappa shape index (κ3) is 6.24. The lowest BCUT2D eigenvalue weighted by molar-refractivity contribution is -0.122. The topological polar surface area (TPSA) is 78.8 Å². The number of benzene rings is 2. The van der Waals surface area contributed by atoms with Crippen molar-refractivity contribution in [3.8, 4) is 0 Å². The lowest BCUT2D eigenvalue weighted by Crippen LogP contribution is -2.30. The smallest absolute Gasteiger partial charge is 0.423 e. The number of amides is 1. The number of rotatable bonds is 8. The van der Waals surface area contributed by atoms with Gasteiger partial charge >= 0.3 is 7.12 Å².